The number of benzene rings is 2. The lowest BCUT2D eigenvalue weighted by molar-refractivity contribution is 0.0601. The van der Waals surface area contributed by atoms with E-state index in [2.05, 4.69) is 4.74 Å². The van der Waals surface area contributed by atoms with Crippen LogP contribution in [-0.4, -0.2) is 13.1 Å². The first-order valence-corrected chi connectivity index (χ1v) is 6.74. The molecule has 0 N–H and O–H groups in total. The molecule has 1 heterocycles. The van der Waals surface area contributed by atoms with Gasteiger partial charge in [0.25, 0.3) is 0 Å². The molecule has 108 valence electrons. The van der Waals surface area contributed by atoms with Crippen molar-refractivity contribution < 1.29 is 13.9 Å². The molecule has 0 fully saturated rings. The van der Waals surface area contributed by atoms with E-state index in [1.807, 2.05) is 13.8 Å². The number of carbonyl (C=O) groups is 1. The van der Waals surface area contributed by atoms with Crippen molar-refractivity contribution in [3.8, 4) is 0 Å². The Morgan fingerprint density at radius 1 is 1.00 bits per heavy atom. The molecule has 2 aromatic carbocycles. The predicted octanol–water partition coefficient (Wildman–Crippen LogP) is 3.76. The average molecular weight is 284 g/mol. The molecule has 0 spiro atoms. The van der Waals surface area contributed by atoms with E-state index in [1.54, 1.807) is 36.4 Å². The molecule has 0 aliphatic carbocycles. The first-order valence-electron chi connectivity index (χ1n) is 6.74. The van der Waals surface area contributed by atoms with Gasteiger partial charge in [-0.2, -0.15) is 0 Å². The van der Waals surface area contributed by atoms with Gasteiger partial charge in [-0.1, -0.05) is 26.0 Å². The second-order valence-corrected chi connectivity index (χ2v) is 4.13. The molecular weight excluding hydrogens is 268 g/mol. The van der Waals surface area contributed by atoms with E-state index < -0.39 is 5.97 Å². The lowest BCUT2D eigenvalue weighted by Crippen LogP contribution is -2.05. The largest absolute Gasteiger partial charge is 0.465 e. The molecule has 0 amide bonds. The zero-order valence-corrected chi connectivity index (χ0v) is 12.2. The van der Waals surface area contributed by atoms with E-state index in [0.717, 1.165) is 0 Å². The Morgan fingerprint density at radius 3 is 2.38 bits per heavy atom. The molecule has 0 bridgehead atoms. The fourth-order valence-electron chi connectivity index (χ4n) is 2.05. The molecule has 0 radical (unpaired) electrons. The maximum Gasteiger partial charge on any atom is 0.337 e. The van der Waals surface area contributed by atoms with Crippen molar-refractivity contribution in [1.82, 2.24) is 0 Å². The van der Waals surface area contributed by atoms with Crippen LogP contribution in [0.3, 0.4) is 0 Å². The minimum atomic E-state index is -0.460. The summed E-state index contributed by atoms with van der Waals surface area (Å²) in [5.41, 5.74) is 1.13. The van der Waals surface area contributed by atoms with Gasteiger partial charge < -0.3 is 9.15 Å². The summed E-state index contributed by atoms with van der Waals surface area (Å²) in [4.78, 5) is 23.7. The smallest absolute Gasteiger partial charge is 0.337 e. The number of ether oxygens (including phenoxy) is 1. The lowest BCUT2D eigenvalue weighted by Gasteiger charge is -2.03. The van der Waals surface area contributed by atoms with Crippen LogP contribution in [0.4, 0.5) is 0 Å². The number of hydrogen-bond donors (Lipinski definition) is 0. The van der Waals surface area contributed by atoms with Gasteiger partial charge in [-0.15, -0.1) is 0 Å². The Morgan fingerprint density at radius 2 is 1.67 bits per heavy atom. The highest BCUT2D eigenvalue weighted by Gasteiger charge is 2.11. The third-order valence-electron chi connectivity index (χ3n) is 3.00. The number of carbonyl (C=O) groups excluding carboxylic acids is 1. The summed E-state index contributed by atoms with van der Waals surface area (Å²) in [6.07, 6.45) is 0. The number of fused-ring (bicyclic) bond motifs is 2. The Balaban J connectivity index is 0.000000774. The van der Waals surface area contributed by atoms with Crippen molar-refractivity contribution in [2.45, 2.75) is 13.8 Å². The number of para-hydroxylation sites is 1. The van der Waals surface area contributed by atoms with Crippen molar-refractivity contribution in [3.05, 3.63) is 58.3 Å². The first kappa shape index (κ1) is 14.8. The maximum atomic E-state index is 12.3. The molecule has 4 heteroatoms. The van der Waals surface area contributed by atoms with Gasteiger partial charge in [-0.05, 0) is 30.3 Å². The number of rotatable bonds is 1. The zero-order chi connectivity index (χ0) is 15.4. The molecule has 0 aliphatic heterocycles. The van der Waals surface area contributed by atoms with Crippen LogP contribution in [0.5, 0.6) is 0 Å². The predicted molar refractivity (Wildman–Crippen MR) is 82.7 cm³/mol. The topological polar surface area (TPSA) is 56.5 Å². The maximum absolute atomic E-state index is 12.3. The second-order valence-electron chi connectivity index (χ2n) is 4.13. The Hall–Kier alpha value is -2.62. The normalized spacial score (nSPS) is 10.0. The van der Waals surface area contributed by atoms with Gasteiger partial charge in [-0.3, -0.25) is 4.79 Å². The van der Waals surface area contributed by atoms with Crippen molar-refractivity contribution in [1.29, 1.82) is 0 Å². The molecule has 0 saturated heterocycles. The zero-order valence-electron chi connectivity index (χ0n) is 12.2. The third-order valence-corrected chi connectivity index (χ3v) is 3.00. The summed E-state index contributed by atoms with van der Waals surface area (Å²) < 4.78 is 10.3. The Kier molecular flexibility index (Phi) is 4.38. The van der Waals surface area contributed by atoms with E-state index in [9.17, 15) is 9.59 Å². The Labute approximate surface area is 122 Å². The first-order chi connectivity index (χ1) is 10.2. The molecule has 0 saturated carbocycles. The molecule has 0 unspecified atom stereocenters. The van der Waals surface area contributed by atoms with Gasteiger partial charge in [0.2, 0.25) is 5.43 Å². The van der Waals surface area contributed by atoms with Crippen molar-refractivity contribution in [2.24, 2.45) is 0 Å². The minimum absolute atomic E-state index is 0.103. The van der Waals surface area contributed by atoms with Gasteiger partial charge in [0.05, 0.1) is 23.4 Å². The summed E-state index contributed by atoms with van der Waals surface area (Å²) in [5, 5.41) is 0.979. The van der Waals surface area contributed by atoms with Crippen LogP contribution >= 0.6 is 0 Å². The molecular formula is C17H16O4. The monoisotopic (exact) mass is 284 g/mol. The van der Waals surface area contributed by atoms with Gasteiger partial charge in [0.15, 0.2) is 0 Å². The third kappa shape index (κ3) is 2.65. The molecule has 4 nitrogen and oxygen atoms in total. The van der Waals surface area contributed by atoms with Gasteiger partial charge in [0.1, 0.15) is 11.2 Å². The van der Waals surface area contributed by atoms with Gasteiger partial charge in [0, 0.05) is 0 Å². The van der Waals surface area contributed by atoms with E-state index in [-0.39, 0.29) is 5.43 Å². The summed E-state index contributed by atoms with van der Waals surface area (Å²) >= 11 is 0. The molecule has 3 rings (SSSR count). The van der Waals surface area contributed by atoms with E-state index in [1.165, 1.54) is 13.2 Å². The lowest BCUT2D eigenvalue weighted by atomic mass is 10.1. The van der Waals surface area contributed by atoms with Crippen LogP contribution in [0.2, 0.25) is 0 Å². The Bertz CT molecular complexity index is 846. The number of hydrogen-bond acceptors (Lipinski definition) is 4. The van der Waals surface area contributed by atoms with Crippen LogP contribution < -0.4 is 5.43 Å². The molecule has 1 aromatic heterocycles. The standard InChI is InChI=1S/C15H10O4.C2H6/c1-18-15(17)9-6-7-11-13(8-9)19-12-5-3-2-4-10(12)14(11)16;1-2/h2-8H,1H3;1-2H3. The van der Waals surface area contributed by atoms with Crippen LogP contribution in [0.15, 0.2) is 51.7 Å². The summed E-state index contributed by atoms with van der Waals surface area (Å²) in [6.45, 7) is 4.00. The van der Waals surface area contributed by atoms with E-state index in [4.69, 9.17) is 4.42 Å². The van der Waals surface area contributed by atoms with Crippen LogP contribution in [0.25, 0.3) is 21.9 Å². The highest BCUT2D eigenvalue weighted by molar-refractivity contribution is 5.96. The van der Waals surface area contributed by atoms with Gasteiger partial charge in [-0.25, -0.2) is 4.79 Å². The quantitative estimate of drug-likeness (QED) is 0.504. The molecule has 21 heavy (non-hydrogen) atoms. The van der Waals surface area contributed by atoms with Crippen LogP contribution in [-0.2, 0) is 4.74 Å². The molecule has 3 aromatic rings. The summed E-state index contributed by atoms with van der Waals surface area (Å²) in [5.74, 6) is -0.460. The van der Waals surface area contributed by atoms with E-state index in [0.29, 0.717) is 27.5 Å². The second kappa shape index (κ2) is 6.22. The van der Waals surface area contributed by atoms with Crippen LogP contribution in [0.1, 0.15) is 24.2 Å². The van der Waals surface area contributed by atoms with Crippen molar-refractivity contribution in [2.75, 3.05) is 7.11 Å². The highest BCUT2D eigenvalue weighted by atomic mass is 16.5. The molecule has 0 atom stereocenters. The van der Waals surface area contributed by atoms with Crippen molar-refractivity contribution in [3.63, 3.8) is 0 Å². The molecule has 0 aliphatic rings. The fraction of sp³-hybridized carbons (Fsp3) is 0.176. The van der Waals surface area contributed by atoms with E-state index >= 15 is 0 Å². The summed E-state index contributed by atoms with van der Waals surface area (Å²) in [6, 6.07) is 11.7. The van der Waals surface area contributed by atoms with Gasteiger partial charge >= 0.3 is 5.97 Å². The highest BCUT2D eigenvalue weighted by Crippen LogP contribution is 2.19. The van der Waals surface area contributed by atoms with Crippen molar-refractivity contribution >= 4 is 27.9 Å². The SMILES string of the molecule is CC.COC(=O)c1ccc2c(=O)c3ccccc3oc2c1. The average Bonchev–Trinajstić information content (AvgIpc) is 2.55. The van der Waals surface area contributed by atoms with Crippen LogP contribution in [0, 0.1) is 0 Å². The number of methoxy groups -OCH3 is 1. The fourth-order valence-corrected chi connectivity index (χ4v) is 2.05. The number of esters is 1. The summed E-state index contributed by atoms with van der Waals surface area (Å²) in [7, 11) is 1.31. The minimum Gasteiger partial charge on any atom is -0.465 e.